The lowest BCUT2D eigenvalue weighted by atomic mass is 10.1. The van der Waals surface area contributed by atoms with E-state index in [0.29, 0.717) is 29.5 Å². The van der Waals surface area contributed by atoms with Crippen LogP contribution in [0.25, 0.3) is 17.2 Å². The van der Waals surface area contributed by atoms with Gasteiger partial charge in [0.05, 0.1) is 24.0 Å². The molecule has 2 N–H and O–H groups in total. The molecule has 0 radical (unpaired) electrons. The summed E-state index contributed by atoms with van der Waals surface area (Å²) in [6.45, 7) is 2.19. The molecule has 8 nitrogen and oxygen atoms in total. The normalized spacial score (nSPS) is 17.6. The number of anilines is 1. The molecule has 0 bridgehead atoms. The number of aromatic amines is 1. The molecular weight excluding hydrogens is 397 g/mol. The Morgan fingerprint density at radius 2 is 2.00 bits per heavy atom. The first-order valence-electron chi connectivity index (χ1n) is 9.34. The lowest BCUT2D eigenvalue weighted by Crippen LogP contribution is -2.46. The number of nitrogens with zero attached hydrogens (tertiary/aromatic N) is 6. The molecule has 154 valence electrons. The summed E-state index contributed by atoms with van der Waals surface area (Å²) in [7, 11) is 0. The van der Waals surface area contributed by atoms with Gasteiger partial charge in [0.2, 0.25) is 0 Å². The number of aromatic nitrogens is 6. The Hall–Kier alpha value is -3.47. The molecule has 11 heteroatoms. The largest absolute Gasteiger partial charge is 0.417 e. The summed E-state index contributed by atoms with van der Waals surface area (Å²) in [6.07, 6.45) is 3.31. The highest BCUT2D eigenvalue weighted by Crippen LogP contribution is 2.30. The number of nitrogens with one attached hydrogen (secondary N) is 2. The van der Waals surface area contributed by atoms with E-state index in [4.69, 9.17) is 0 Å². The predicted octanol–water partition coefficient (Wildman–Crippen LogP) is 2.68. The van der Waals surface area contributed by atoms with Crippen LogP contribution in [0.3, 0.4) is 0 Å². The third kappa shape index (κ3) is 3.36. The van der Waals surface area contributed by atoms with Gasteiger partial charge in [-0.2, -0.15) is 18.3 Å². The molecule has 0 spiro atoms. The summed E-state index contributed by atoms with van der Waals surface area (Å²) in [5.41, 5.74) is 1.10. The standard InChI is InChI=1S/C19H17F3N8/c20-19(21,22)13-1-2-16-25-9-15(30(16)10-13)18-24-4-3-17(28-18)29-6-5-23-14(11-29)12-7-26-27-8-12/h1-4,7-10,14,23H,5-6,11H2,(H,26,27)/t14-/m1/s1. The van der Waals surface area contributed by atoms with Gasteiger partial charge in [0.25, 0.3) is 0 Å². The Morgan fingerprint density at radius 1 is 1.10 bits per heavy atom. The number of piperazine rings is 1. The average molecular weight is 414 g/mol. The van der Waals surface area contributed by atoms with E-state index in [-0.39, 0.29) is 6.04 Å². The highest BCUT2D eigenvalue weighted by atomic mass is 19.4. The van der Waals surface area contributed by atoms with Crippen LogP contribution in [0.5, 0.6) is 0 Å². The van der Waals surface area contributed by atoms with Crippen LogP contribution in [-0.4, -0.2) is 49.2 Å². The minimum absolute atomic E-state index is 0.0982. The minimum Gasteiger partial charge on any atom is -0.353 e. The maximum absolute atomic E-state index is 13.1. The Balaban J connectivity index is 1.48. The van der Waals surface area contributed by atoms with Crippen LogP contribution in [0.15, 0.2) is 49.2 Å². The van der Waals surface area contributed by atoms with E-state index < -0.39 is 11.7 Å². The van der Waals surface area contributed by atoms with Crippen molar-refractivity contribution in [3.8, 4) is 11.5 Å². The molecule has 0 aromatic carbocycles. The summed E-state index contributed by atoms with van der Waals surface area (Å²) < 4.78 is 40.8. The zero-order chi connectivity index (χ0) is 20.7. The number of halogens is 3. The highest BCUT2D eigenvalue weighted by Gasteiger charge is 2.31. The van der Waals surface area contributed by atoms with Gasteiger partial charge >= 0.3 is 6.18 Å². The van der Waals surface area contributed by atoms with Crippen molar-refractivity contribution in [3.63, 3.8) is 0 Å². The maximum atomic E-state index is 13.1. The van der Waals surface area contributed by atoms with E-state index in [0.717, 1.165) is 30.9 Å². The number of pyridine rings is 1. The van der Waals surface area contributed by atoms with Crippen molar-refractivity contribution >= 4 is 11.5 Å². The summed E-state index contributed by atoms with van der Waals surface area (Å²) in [5, 5.41) is 10.3. The molecular formula is C19H17F3N8. The third-order valence-electron chi connectivity index (χ3n) is 5.12. The molecule has 4 aromatic heterocycles. The van der Waals surface area contributed by atoms with E-state index in [1.165, 1.54) is 16.7 Å². The molecule has 1 atom stereocenters. The molecule has 5 heterocycles. The Morgan fingerprint density at radius 3 is 2.80 bits per heavy atom. The molecule has 5 rings (SSSR count). The molecule has 1 saturated heterocycles. The van der Waals surface area contributed by atoms with Gasteiger partial charge in [-0.15, -0.1) is 0 Å². The topological polar surface area (TPSA) is 87.0 Å². The number of imidazole rings is 1. The Kier molecular flexibility index (Phi) is 4.39. The third-order valence-corrected chi connectivity index (χ3v) is 5.12. The molecule has 0 aliphatic carbocycles. The fraction of sp³-hybridized carbons (Fsp3) is 0.263. The van der Waals surface area contributed by atoms with Gasteiger partial charge in [0.1, 0.15) is 17.2 Å². The van der Waals surface area contributed by atoms with Crippen molar-refractivity contribution in [2.24, 2.45) is 0 Å². The summed E-state index contributed by atoms with van der Waals surface area (Å²) in [4.78, 5) is 15.2. The van der Waals surface area contributed by atoms with Crippen LogP contribution in [-0.2, 0) is 6.18 Å². The van der Waals surface area contributed by atoms with Crippen molar-refractivity contribution in [1.29, 1.82) is 0 Å². The van der Waals surface area contributed by atoms with Crippen LogP contribution in [0, 0.1) is 0 Å². The second kappa shape index (κ2) is 7.10. The number of hydrogen-bond donors (Lipinski definition) is 2. The van der Waals surface area contributed by atoms with Crippen LogP contribution in [0.2, 0.25) is 0 Å². The van der Waals surface area contributed by atoms with Crippen molar-refractivity contribution in [3.05, 3.63) is 60.3 Å². The van der Waals surface area contributed by atoms with Gasteiger partial charge in [-0.1, -0.05) is 0 Å². The summed E-state index contributed by atoms with van der Waals surface area (Å²) in [6, 6.07) is 4.24. The first-order chi connectivity index (χ1) is 14.5. The van der Waals surface area contributed by atoms with Crippen molar-refractivity contribution in [1.82, 2.24) is 34.9 Å². The zero-order valence-electron chi connectivity index (χ0n) is 15.6. The van der Waals surface area contributed by atoms with Crippen LogP contribution in [0.1, 0.15) is 17.2 Å². The number of H-pyrrole nitrogens is 1. The van der Waals surface area contributed by atoms with Crippen LogP contribution < -0.4 is 10.2 Å². The zero-order valence-corrected chi connectivity index (χ0v) is 15.6. The molecule has 0 saturated carbocycles. The van der Waals surface area contributed by atoms with Gasteiger partial charge < -0.3 is 10.2 Å². The number of rotatable bonds is 3. The summed E-state index contributed by atoms with van der Waals surface area (Å²) in [5.74, 6) is 1.02. The smallest absolute Gasteiger partial charge is 0.353 e. The second-order valence-electron chi connectivity index (χ2n) is 7.01. The number of hydrogen-bond acceptors (Lipinski definition) is 6. The Bertz CT molecular complexity index is 1170. The molecule has 0 unspecified atom stereocenters. The minimum atomic E-state index is -4.44. The van der Waals surface area contributed by atoms with Gasteiger partial charge in [0, 0.05) is 43.8 Å². The van der Waals surface area contributed by atoms with E-state index in [1.54, 1.807) is 18.5 Å². The van der Waals surface area contributed by atoms with E-state index >= 15 is 0 Å². The molecule has 1 aliphatic heterocycles. The fourth-order valence-electron chi connectivity index (χ4n) is 3.60. The quantitative estimate of drug-likeness (QED) is 0.536. The second-order valence-corrected chi connectivity index (χ2v) is 7.01. The van der Waals surface area contributed by atoms with Crippen molar-refractivity contribution in [2.45, 2.75) is 12.2 Å². The molecule has 1 fully saturated rings. The van der Waals surface area contributed by atoms with Crippen molar-refractivity contribution in [2.75, 3.05) is 24.5 Å². The molecule has 30 heavy (non-hydrogen) atoms. The Labute approximate surface area is 168 Å². The lowest BCUT2D eigenvalue weighted by molar-refractivity contribution is -0.137. The molecule has 4 aromatic rings. The van der Waals surface area contributed by atoms with Gasteiger partial charge in [-0.3, -0.25) is 9.50 Å². The lowest BCUT2D eigenvalue weighted by Gasteiger charge is -2.34. The van der Waals surface area contributed by atoms with Gasteiger partial charge in [0.15, 0.2) is 5.82 Å². The average Bonchev–Trinajstić information content (AvgIpc) is 3.43. The van der Waals surface area contributed by atoms with E-state index in [9.17, 15) is 13.2 Å². The van der Waals surface area contributed by atoms with E-state index in [2.05, 4.69) is 35.4 Å². The first-order valence-corrected chi connectivity index (χ1v) is 9.34. The van der Waals surface area contributed by atoms with Crippen LogP contribution >= 0.6 is 0 Å². The van der Waals surface area contributed by atoms with Gasteiger partial charge in [-0.25, -0.2) is 15.0 Å². The monoisotopic (exact) mass is 414 g/mol. The maximum Gasteiger partial charge on any atom is 0.417 e. The molecule has 0 amide bonds. The predicted molar refractivity (Wildman–Crippen MR) is 103 cm³/mol. The van der Waals surface area contributed by atoms with Crippen LogP contribution in [0.4, 0.5) is 19.0 Å². The summed E-state index contributed by atoms with van der Waals surface area (Å²) >= 11 is 0. The number of fused-ring (bicyclic) bond motifs is 1. The van der Waals surface area contributed by atoms with Gasteiger partial charge in [-0.05, 0) is 18.2 Å². The molecule has 1 aliphatic rings. The van der Waals surface area contributed by atoms with E-state index in [1.807, 2.05) is 6.20 Å². The first kappa shape index (κ1) is 18.6. The van der Waals surface area contributed by atoms with Crippen molar-refractivity contribution < 1.29 is 13.2 Å². The highest BCUT2D eigenvalue weighted by molar-refractivity contribution is 5.59. The number of alkyl halides is 3. The SMILES string of the molecule is FC(F)(F)c1ccc2ncc(-c3nccc(N4CCN[C@@H](c5cn[nH]c5)C4)n3)n2c1. The fourth-order valence-corrected chi connectivity index (χ4v) is 3.60.